The molecule has 1 aromatic heterocycles. The molecule has 2 rings (SSSR count). The van der Waals surface area contributed by atoms with E-state index in [0.29, 0.717) is 6.42 Å². The number of benzene rings is 1. The van der Waals surface area contributed by atoms with Crippen LogP contribution in [-0.4, -0.2) is 21.4 Å². The standard InChI is InChI=1S/C11H12FN3O2/c1-2-10-9-7-8(15(16)17)3-4-11(9)14(13-10)6-5-12/h3-4,7H,2,5-6H2,1H3. The number of hydrogen-bond acceptors (Lipinski definition) is 3. The fourth-order valence-corrected chi connectivity index (χ4v) is 1.86. The van der Waals surface area contributed by atoms with Crippen LogP contribution in [0.25, 0.3) is 10.9 Å². The predicted octanol–water partition coefficient (Wildman–Crippen LogP) is 2.48. The average molecular weight is 237 g/mol. The predicted molar refractivity (Wildman–Crippen MR) is 61.7 cm³/mol. The van der Waals surface area contributed by atoms with E-state index in [1.165, 1.54) is 12.1 Å². The lowest BCUT2D eigenvalue weighted by molar-refractivity contribution is -0.384. The number of fused-ring (bicyclic) bond motifs is 1. The fourth-order valence-electron chi connectivity index (χ4n) is 1.86. The molecule has 0 bridgehead atoms. The smallest absolute Gasteiger partial charge is 0.262 e. The number of non-ortho nitro benzene ring substituents is 1. The molecule has 6 heteroatoms. The number of rotatable bonds is 4. The number of nitrogens with zero attached hydrogens (tertiary/aromatic N) is 3. The SMILES string of the molecule is CCc1nn(CCF)c2ccc([N+](=O)[O-])cc12. The molecule has 0 spiro atoms. The molecule has 0 radical (unpaired) electrons. The minimum absolute atomic E-state index is 0.0343. The summed E-state index contributed by atoms with van der Waals surface area (Å²) in [6, 6.07) is 4.53. The minimum atomic E-state index is -0.503. The van der Waals surface area contributed by atoms with E-state index in [4.69, 9.17) is 0 Å². The fraction of sp³-hybridized carbons (Fsp3) is 0.364. The topological polar surface area (TPSA) is 61.0 Å². The monoisotopic (exact) mass is 237 g/mol. The van der Waals surface area contributed by atoms with Crippen molar-refractivity contribution in [1.82, 2.24) is 9.78 Å². The molecule has 0 saturated carbocycles. The Morgan fingerprint density at radius 2 is 2.29 bits per heavy atom. The lowest BCUT2D eigenvalue weighted by Crippen LogP contribution is -2.01. The number of nitro groups is 1. The van der Waals surface area contributed by atoms with Crippen LogP contribution in [0, 0.1) is 10.1 Å². The van der Waals surface area contributed by atoms with Gasteiger partial charge >= 0.3 is 0 Å². The molecule has 0 N–H and O–H groups in total. The van der Waals surface area contributed by atoms with Gasteiger partial charge in [0.1, 0.15) is 6.67 Å². The van der Waals surface area contributed by atoms with Gasteiger partial charge in [0.2, 0.25) is 0 Å². The van der Waals surface area contributed by atoms with Crippen LogP contribution in [0.5, 0.6) is 0 Å². The number of aromatic nitrogens is 2. The van der Waals surface area contributed by atoms with Gasteiger partial charge in [-0.25, -0.2) is 4.39 Å². The van der Waals surface area contributed by atoms with Crippen molar-refractivity contribution in [3.05, 3.63) is 34.0 Å². The second-order valence-electron chi connectivity index (χ2n) is 3.67. The number of aryl methyl sites for hydroxylation is 2. The summed E-state index contributed by atoms with van der Waals surface area (Å²) in [6.45, 7) is 1.59. The second-order valence-corrected chi connectivity index (χ2v) is 3.67. The van der Waals surface area contributed by atoms with Crippen molar-refractivity contribution >= 4 is 16.6 Å². The largest absolute Gasteiger partial charge is 0.270 e. The summed E-state index contributed by atoms with van der Waals surface area (Å²) in [7, 11) is 0. The summed E-state index contributed by atoms with van der Waals surface area (Å²) >= 11 is 0. The van der Waals surface area contributed by atoms with Gasteiger partial charge in [-0.15, -0.1) is 0 Å². The Kier molecular flexibility index (Phi) is 3.03. The highest BCUT2D eigenvalue weighted by atomic mass is 19.1. The van der Waals surface area contributed by atoms with Gasteiger partial charge in [0, 0.05) is 17.5 Å². The number of halogens is 1. The average Bonchev–Trinajstić information content (AvgIpc) is 2.67. The van der Waals surface area contributed by atoms with Crippen molar-refractivity contribution in [2.45, 2.75) is 19.9 Å². The highest BCUT2D eigenvalue weighted by Gasteiger charge is 2.13. The Hall–Kier alpha value is -1.98. The lowest BCUT2D eigenvalue weighted by Gasteiger charge is -1.98. The van der Waals surface area contributed by atoms with Gasteiger partial charge < -0.3 is 0 Å². The van der Waals surface area contributed by atoms with E-state index in [1.807, 2.05) is 6.92 Å². The molecule has 0 aliphatic rings. The highest BCUT2D eigenvalue weighted by molar-refractivity contribution is 5.84. The van der Waals surface area contributed by atoms with E-state index in [0.717, 1.165) is 16.6 Å². The zero-order valence-corrected chi connectivity index (χ0v) is 9.39. The molecule has 0 amide bonds. The van der Waals surface area contributed by atoms with Crippen molar-refractivity contribution in [3.63, 3.8) is 0 Å². The zero-order valence-electron chi connectivity index (χ0n) is 9.39. The lowest BCUT2D eigenvalue weighted by atomic mass is 10.1. The third kappa shape index (κ3) is 1.98. The zero-order chi connectivity index (χ0) is 12.4. The Bertz CT molecular complexity index is 565. The van der Waals surface area contributed by atoms with E-state index < -0.39 is 11.6 Å². The van der Waals surface area contributed by atoms with Crippen molar-refractivity contribution in [2.75, 3.05) is 6.67 Å². The van der Waals surface area contributed by atoms with Gasteiger partial charge in [-0.2, -0.15) is 5.10 Å². The molecule has 0 unspecified atom stereocenters. The molecule has 0 aliphatic carbocycles. The van der Waals surface area contributed by atoms with Crippen LogP contribution in [0.4, 0.5) is 10.1 Å². The molecule has 0 aliphatic heterocycles. The van der Waals surface area contributed by atoms with Crippen molar-refractivity contribution in [1.29, 1.82) is 0 Å². The summed E-state index contributed by atoms with van der Waals surface area (Å²) < 4.78 is 13.9. The van der Waals surface area contributed by atoms with E-state index in [2.05, 4.69) is 5.10 Å². The first-order valence-corrected chi connectivity index (χ1v) is 5.37. The van der Waals surface area contributed by atoms with Gasteiger partial charge in [-0.1, -0.05) is 6.92 Å². The first kappa shape index (κ1) is 11.5. The molecule has 0 saturated heterocycles. The summed E-state index contributed by atoms with van der Waals surface area (Å²) in [5, 5.41) is 15.7. The summed E-state index contributed by atoms with van der Waals surface area (Å²) in [5.41, 5.74) is 1.54. The summed E-state index contributed by atoms with van der Waals surface area (Å²) in [6.07, 6.45) is 0.664. The third-order valence-electron chi connectivity index (χ3n) is 2.65. The van der Waals surface area contributed by atoms with Gasteiger partial charge in [0.25, 0.3) is 5.69 Å². The number of hydrogen-bond donors (Lipinski definition) is 0. The van der Waals surface area contributed by atoms with Gasteiger partial charge in [0.15, 0.2) is 0 Å². The molecule has 0 atom stereocenters. The Balaban J connectivity index is 2.63. The van der Waals surface area contributed by atoms with Crippen LogP contribution in [0.3, 0.4) is 0 Å². The first-order valence-electron chi connectivity index (χ1n) is 5.37. The molecular weight excluding hydrogens is 225 g/mol. The summed E-state index contributed by atoms with van der Waals surface area (Å²) in [5.74, 6) is 0. The van der Waals surface area contributed by atoms with Gasteiger partial charge in [0.05, 0.1) is 22.7 Å². The van der Waals surface area contributed by atoms with E-state index in [9.17, 15) is 14.5 Å². The molecule has 2 aromatic rings. The molecule has 0 fully saturated rings. The first-order chi connectivity index (χ1) is 8.17. The van der Waals surface area contributed by atoms with Gasteiger partial charge in [-0.3, -0.25) is 14.8 Å². The highest BCUT2D eigenvalue weighted by Crippen LogP contribution is 2.24. The molecule has 1 aromatic carbocycles. The third-order valence-corrected chi connectivity index (χ3v) is 2.65. The number of nitro benzene ring substituents is 1. The maximum atomic E-state index is 12.4. The maximum Gasteiger partial charge on any atom is 0.270 e. The molecule has 17 heavy (non-hydrogen) atoms. The summed E-state index contributed by atoms with van der Waals surface area (Å²) in [4.78, 5) is 10.3. The van der Waals surface area contributed by atoms with E-state index >= 15 is 0 Å². The van der Waals surface area contributed by atoms with Crippen LogP contribution >= 0.6 is 0 Å². The number of alkyl halides is 1. The molecular formula is C11H12FN3O2. The van der Waals surface area contributed by atoms with Crippen LogP contribution in [0.1, 0.15) is 12.6 Å². The quantitative estimate of drug-likeness (QED) is 0.606. The van der Waals surface area contributed by atoms with Crippen molar-refractivity contribution < 1.29 is 9.31 Å². The van der Waals surface area contributed by atoms with Crippen LogP contribution < -0.4 is 0 Å². The van der Waals surface area contributed by atoms with Crippen LogP contribution in [-0.2, 0) is 13.0 Å². The van der Waals surface area contributed by atoms with Crippen molar-refractivity contribution in [3.8, 4) is 0 Å². The Morgan fingerprint density at radius 1 is 1.53 bits per heavy atom. The minimum Gasteiger partial charge on any atom is -0.262 e. The normalized spacial score (nSPS) is 10.9. The Morgan fingerprint density at radius 3 is 2.88 bits per heavy atom. The van der Waals surface area contributed by atoms with Crippen LogP contribution in [0.2, 0.25) is 0 Å². The van der Waals surface area contributed by atoms with Crippen molar-refractivity contribution in [2.24, 2.45) is 0 Å². The van der Waals surface area contributed by atoms with Gasteiger partial charge in [-0.05, 0) is 12.5 Å². The van der Waals surface area contributed by atoms with E-state index in [1.54, 1.807) is 10.7 Å². The Labute approximate surface area is 97.0 Å². The molecule has 1 heterocycles. The second kappa shape index (κ2) is 4.48. The maximum absolute atomic E-state index is 12.4. The van der Waals surface area contributed by atoms with Crippen LogP contribution in [0.15, 0.2) is 18.2 Å². The van der Waals surface area contributed by atoms with E-state index in [-0.39, 0.29) is 12.2 Å². The molecule has 5 nitrogen and oxygen atoms in total. The molecule has 90 valence electrons.